The molecule has 1 aromatic carbocycles. The van der Waals surface area contributed by atoms with Gasteiger partial charge >= 0.3 is 0 Å². The number of anilines is 1. The van der Waals surface area contributed by atoms with E-state index in [1.54, 1.807) is 7.11 Å². The van der Waals surface area contributed by atoms with Gasteiger partial charge in [-0.3, -0.25) is 0 Å². The molecule has 96 valence electrons. The van der Waals surface area contributed by atoms with E-state index in [2.05, 4.69) is 28.2 Å². The van der Waals surface area contributed by atoms with E-state index in [1.165, 1.54) is 0 Å². The van der Waals surface area contributed by atoms with Gasteiger partial charge in [0, 0.05) is 12.1 Å². The van der Waals surface area contributed by atoms with E-state index in [-0.39, 0.29) is 0 Å². The Hall–Kier alpha value is -1.42. The summed E-state index contributed by atoms with van der Waals surface area (Å²) >= 11 is 3.46. The number of hydrogen-bond donors (Lipinski definition) is 1. The van der Waals surface area contributed by atoms with Gasteiger partial charge in [0.2, 0.25) is 0 Å². The minimum absolute atomic E-state index is 0.679. The minimum atomic E-state index is 0.679. The van der Waals surface area contributed by atoms with Crippen LogP contribution in [0.2, 0.25) is 0 Å². The van der Waals surface area contributed by atoms with Crippen molar-refractivity contribution in [3.63, 3.8) is 0 Å². The van der Waals surface area contributed by atoms with Crippen molar-refractivity contribution in [3.8, 4) is 5.75 Å². The molecule has 0 bridgehead atoms. The van der Waals surface area contributed by atoms with Crippen molar-refractivity contribution < 1.29 is 9.15 Å². The highest BCUT2D eigenvalue weighted by Crippen LogP contribution is 2.27. The Morgan fingerprint density at radius 3 is 2.61 bits per heavy atom. The maximum absolute atomic E-state index is 5.63. The molecule has 3 nitrogen and oxygen atoms in total. The first-order valence-electron chi connectivity index (χ1n) is 5.88. The van der Waals surface area contributed by atoms with E-state index >= 15 is 0 Å². The monoisotopic (exact) mass is 309 g/mol. The average molecular weight is 310 g/mol. The fourth-order valence-electron chi connectivity index (χ4n) is 1.67. The molecule has 1 N–H and O–H groups in total. The molecule has 0 atom stereocenters. The molecule has 0 radical (unpaired) electrons. The number of hydrogen-bond acceptors (Lipinski definition) is 3. The molecule has 0 saturated heterocycles. The molecule has 1 aromatic heterocycles. The fourth-order valence-corrected chi connectivity index (χ4v) is 2.21. The number of furan rings is 1. The van der Waals surface area contributed by atoms with Crippen LogP contribution in [0, 0.1) is 0 Å². The number of benzene rings is 1. The van der Waals surface area contributed by atoms with Gasteiger partial charge in [0.25, 0.3) is 0 Å². The van der Waals surface area contributed by atoms with E-state index in [0.717, 1.165) is 33.9 Å². The van der Waals surface area contributed by atoms with Crippen molar-refractivity contribution in [2.75, 3.05) is 12.4 Å². The predicted molar refractivity (Wildman–Crippen MR) is 76.1 cm³/mol. The van der Waals surface area contributed by atoms with Gasteiger partial charge in [-0.1, -0.05) is 6.92 Å². The summed E-state index contributed by atoms with van der Waals surface area (Å²) in [6.45, 7) is 2.76. The Morgan fingerprint density at radius 2 is 2.00 bits per heavy atom. The van der Waals surface area contributed by atoms with Gasteiger partial charge in [0.15, 0.2) is 0 Å². The molecular formula is C14H16BrNO2. The third-order valence-corrected chi connectivity index (χ3v) is 3.30. The van der Waals surface area contributed by atoms with Gasteiger partial charge < -0.3 is 14.5 Å². The highest BCUT2D eigenvalue weighted by atomic mass is 79.9. The molecule has 0 spiro atoms. The van der Waals surface area contributed by atoms with Gasteiger partial charge in [-0.05, 0) is 46.3 Å². The van der Waals surface area contributed by atoms with Crippen molar-refractivity contribution in [1.29, 1.82) is 0 Å². The van der Waals surface area contributed by atoms with E-state index in [9.17, 15) is 0 Å². The van der Waals surface area contributed by atoms with E-state index in [0.29, 0.717) is 6.54 Å². The number of aryl methyl sites for hydroxylation is 1. The minimum Gasteiger partial charge on any atom is -0.496 e. The second-order valence-corrected chi connectivity index (χ2v) is 4.78. The quantitative estimate of drug-likeness (QED) is 0.897. The van der Waals surface area contributed by atoms with E-state index < -0.39 is 0 Å². The maximum Gasteiger partial charge on any atom is 0.133 e. The molecule has 1 heterocycles. The molecule has 0 aliphatic carbocycles. The van der Waals surface area contributed by atoms with Gasteiger partial charge in [0.1, 0.15) is 17.3 Å². The lowest BCUT2D eigenvalue weighted by molar-refractivity contribution is 0.412. The first-order chi connectivity index (χ1) is 8.72. The summed E-state index contributed by atoms with van der Waals surface area (Å²) < 4.78 is 11.8. The molecule has 0 aliphatic heterocycles. The summed E-state index contributed by atoms with van der Waals surface area (Å²) in [4.78, 5) is 0. The van der Waals surface area contributed by atoms with Crippen LogP contribution in [0.5, 0.6) is 5.75 Å². The Kier molecular flexibility index (Phi) is 4.31. The summed E-state index contributed by atoms with van der Waals surface area (Å²) in [5.41, 5.74) is 1.03. The summed E-state index contributed by atoms with van der Waals surface area (Å²) in [5, 5.41) is 3.31. The number of rotatable bonds is 5. The molecule has 0 aliphatic rings. The van der Waals surface area contributed by atoms with Crippen LogP contribution in [0.15, 0.2) is 39.2 Å². The molecular weight excluding hydrogens is 294 g/mol. The molecule has 4 heteroatoms. The van der Waals surface area contributed by atoms with Crippen molar-refractivity contribution in [2.45, 2.75) is 19.9 Å². The van der Waals surface area contributed by atoms with Gasteiger partial charge in [-0.2, -0.15) is 0 Å². The predicted octanol–water partition coefficient (Wildman–Crippen LogP) is 4.23. The third kappa shape index (κ3) is 3.07. The van der Waals surface area contributed by atoms with Crippen LogP contribution in [0.3, 0.4) is 0 Å². The van der Waals surface area contributed by atoms with Gasteiger partial charge in [-0.15, -0.1) is 0 Å². The zero-order valence-electron chi connectivity index (χ0n) is 10.5. The molecule has 0 saturated carbocycles. The molecule has 2 rings (SSSR count). The van der Waals surface area contributed by atoms with Crippen molar-refractivity contribution in [1.82, 2.24) is 0 Å². The van der Waals surface area contributed by atoms with E-state index in [1.807, 2.05) is 30.3 Å². The summed E-state index contributed by atoms with van der Waals surface area (Å²) in [6.07, 6.45) is 0.925. The highest BCUT2D eigenvalue weighted by molar-refractivity contribution is 9.10. The van der Waals surface area contributed by atoms with Crippen LogP contribution in [-0.4, -0.2) is 7.11 Å². The Balaban J connectivity index is 1.99. The zero-order valence-corrected chi connectivity index (χ0v) is 12.1. The first kappa shape index (κ1) is 13.0. The normalized spacial score (nSPS) is 10.4. The summed E-state index contributed by atoms with van der Waals surface area (Å²) in [7, 11) is 1.66. The van der Waals surface area contributed by atoms with Gasteiger partial charge in [-0.25, -0.2) is 0 Å². The second kappa shape index (κ2) is 5.96. The Morgan fingerprint density at radius 1 is 1.22 bits per heavy atom. The topological polar surface area (TPSA) is 34.4 Å². The third-order valence-electron chi connectivity index (χ3n) is 2.68. The smallest absolute Gasteiger partial charge is 0.133 e. The lowest BCUT2D eigenvalue weighted by Gasteiger charge is -2.08. The lowest BCUT2D eigenvalue weighted by Crippen LogP contribution is -1.98. The molecule has 18 heavy (non-hydrogen) atoms. The second-order valence-electron chi connectivity index (χ2n) is 3.92. The molecule has 0 amide bonds. The van der Waals surface area contributed by atoms with Crippen LogP contribution >= 0.6 is 15.9 Å². The standard InChI is InChI=1S/C14H16BrNO2/c1-3-11-5-6-12(18-11)9-16-10-4-7-14(17-2)13(15)8-10/h4-8,16H,3,9H2,1-2H3. The molecule has 0 fully saturated rings. The van der Waals surface area contributed by atoms with Crippen molar-refractivity contribution >= 4 is 21.6 Å². The zero-order chi connectivity index (χ0) is 13.0. The SMILES string of the molecule is CCc1ccc(CNc2ccc(OC)c(Br)c2)o1. The Bertz CT molecular complexity index is 522. The van der Waals surface area contributed by atoms with Crippen LogP contribution in [-0.2, 0) is 13.0 Å². The molecule has 0 unspecified atom stereocenters. The van der Waals surface area contributed by atoms with Crippen LogP contribution < -0.4 is 10.1 Å². The van der Waals surface area contributed by atoms with Crippen molar-refractivity contribution in [3.05, 3.63) is 46.3 Å². The highest BCUT2D eigenvalue weighted by Gasteiger charge is 2.03. The summed E-state index contributed by atoms with van der Waals surface area (Å²) in [6, 6.07) is 9.91. The lowest BCUT2D eigenvalue weighted by atomic mass is 10.3. The summed E-state index contributed by atoms with van der Waals surface area (Å²) in [5.74, 6) is 2.79. The van der Waals surface area contributed by atoms with Crippen molar-refractivity contribution in [2.24, 2.45) is 0 Å². The van der Waals surface area contributed by atoms with Gasteiger partial charge in [0.05, 0.1) is 18.1 Å². The number of nitrogens with one attached hydrogen (secondary N) is 1. The first-order valence-corrected chi connectivity index (χ1v) is 6.67. The Labute approximate surface area is 115 Å². The number of halogens is 1. The maximum atomic E-state index is 5.63. The van der Waals surface area contributed by atoms with Crippen LogP contribution in [0.25, 0.3) is 0 Å². The van der Waals surface area contributed by atoms with Crippen LogP contribution in [0.4, 0.5) is 5.69 Å². The van der Waals surface area contributed by atoms with E-state index in [4.69, 9.17) is 9.15 Å². The average Bonchev–Trinajstić information content (AvgIpc) is 2.84. The fraction of sp³-hybridized carbons (Fsp3) is 0.286. The molecule has 2 aromatic rings. The number of methoxy groups -OCH3 is 1. The number of ether oxygens (including phenoxy) is 1. The van der Waals surface area contributed by atoms with Crippen LogP contribution in [0.1, 0.15) is 18.4 Å². The largest absolute Gasteiger partial charge is 0.496 e.